The van der Waals surface area contributed by atoms with Crippen LogP contribution in [0.5, 0.6) is 0 Å². The van der Waals surface area contributed by atoms with Gasteiger partial charge in [-0.05, 0) is 57.2 Å². The van der Waals surface area contributed by atoms with Crippen molar-refractivity contribution in [1.82, 2.24) is 15.5 Å². The molecule has 0 atom stereocenters. The molecule has 2 heterocycles. The second-order valence-corrected chi connectivity index (χ2v) is 8.66. The fraction of sp³-hybridized carbons (Fsp3) is 0.708. The highest BCUT2D eigenvalue weighted by Gasteiger charge is 2.39. The van der Waals surface area contributed by atoms with Crippen molar-refractivity contribution in [3.63, 3.8) is 0 Å². The minimum atomic E-state index is 0. The molecule has 0 amide bonds. The highest BCUT2D eigenvalue weighted by atomic mass is 127. The molecule has 0 saturated carbocycles. The molecular formula is C24H41IN4O. The minimum absolute atomic E-state index is 0. The molecule has 0 radical (unpaired) electrons. The van der Waals surface area contributed by atoms with E-state index in [9.17, 15) is 0 Å². The van der Waals surface area contributed by atoms with Gasteiger partial charge in [0.05, 0.1) is 0 Å². The predicted octanol–water partition coefficient (Wildman–Crippen LogP) is 4.17. The van der Waals surface area contributed by atoms with Crippen LogP contribution in [0.15, 0.2) is 35.3 Å². The van der Waals surface area contributed by atoms with Crippen molar-refractivity contribution >= 4 is 29.9 Å². The van der Waals surface area contributed by atoms with Gasteiger partial charge in [0.25, 0.3) is 0 Å². The molecule has 2 N–H and O–H groups in total. The van der Waals surface area contributed by atoms with Crippen LogP contribution in [-0.2, 0) is 10.2 Å². The first-order valence-electron chi connectivity index (χ1n) is 11.5. The van der Waals surface area contributed by atoms with Gasteiger partial charge in [-0.3, -0.25) is 9.89 Å². The fourth-order valence-corrected chi connectivity index (χ4v) is 5.07. The maximum atomic E-state index is 5.69. The van der Waals surface area contributed by atoms with E-state index < -0.39 is 0 Å². The van der Waals surface area contributed by atoms with E-state index in [1.165, 1.54) is 31.5 Å². The molecule has 5 nitrogen and oxygen atoms in total. The maximum absolute atomic E-state index is 5.69. The Hall–Kier alpha value is -0.860. The zero-order valence-corrected chi connectivity index (χ0v) is 21.4. The Morgan fingerprint density at radius 1 is 1.07 bits per heavy atom. The summed E-state index contributed by atoms with van der Waals surface area (Å²) in [6, 6.07) is 10.9. The van der Waals surface area contributed by atoms with Crippen LogP contribution in [0, 0.1) is 0 Å². The Kier molecular flexibility index (Phi) is 10.4. The Bertz CT molecular complexity index is 636. The summed E-state index contributed by atoms with van der Waals surface area (Å²) in [5.74, 6) is 0.914. The van der Waals surface area contributed by atoms with E-state index >= 15 is 0 Å². The zero-order chi connectivity index (χ0) is 20.6. The quantitative estimate of drug-likeness (QED) is 0.302. The van der Waals surface area contributed by atoms with Crippen LogP contribution >= 0.6 is 24.0 Å². The summed E-state index contributed by atoms with van der Waals surface area (Å²) in [5.41, 5.74) is 1.74. The molecule has 2 saturated heterocycles. The van der Waals surface area contributed by atoms with Gasteiger partial charge in [0.15, 0.2) is 5.96 Å². The van der Waals surface area contributed by atoms with Gasteiger partial charge in [-0.2, -0.15) is 0 Å². The number of ether oxygens (including phenoxy) is 1. The predicted molar refractivity (Wildman–Crippen MR) is 137 cm³/mol. The van der Waals surface area contributed by atoms with Crippen molar-refractivity contribution in [1.29, 1.82) is 0 Å². The average molecular weight is 529 g/mol. The molecule has 170 valence electrons. The highest BCUT2D eigenvalue weighted by Crippen LogP contribution is 2.32. The molecule has 1 aromatic rings. The number of rotatable bonds is 8. The smallest absolute Gasteiger partial charge is 0.191 e. The number of likely N-dealkylation sites (tertiary alicyclic amines) is 1. The lowest BCUT2D eigenvalue weighted by molar-refractivity contribution is -0.0164. The summed E-state index contributed by atoms with van der Waals surface area (Å²) in [6.45, 7) is 10.6. The van der Waals surface area contributed by atoms with Crippen molar-refractivity contribution in [3.05, 3.63) is 35.9 Å². The van der Waals surface area contributed by atoms with E-state index in [1.54, 1.807) is 0 Å². The van der Waals surface area contributed by atoms with Crippen LogP contribution in [0.4, 0.5) is 0 Å². The average Bonchev–Trinajstić information content (AvgIpc) is 3.34. The lowest BCUT2D eigenvalue weighted by atomic mass is 9.76. The van der Waals surface area contributed by atoms with Gasteiger partial charge in [0, 0.05) is 44.3 Å². The number of halogens is 1. The van der Waals surface area contributed by atoms with Gasteiger partial charge in [-0.25, -0.2) is 0 Å². The largest absolute Gasteiger partial charge is 0.381 e. The third-order valence-corrected chi connectivity index (χ3v) is 7.34. The van der Waals surface area contributed by atoms with Crippen molar-refractivity contribution in [2.75, 3.05) is 46.4 Å². The van der Waals surface area contributed by atoms with Gasteiger partial charge >= 0.3 is 0 Å². The zero-order valence-electron chi connectivity index (χ0n) is 19.1. The molecule has 0 spiro atoms. The normalized spacial score (nSPS) is 19.9. The Morgan fingerprint density at radius 2 is 1.70 bits per heavy atom. The number of guanidine groups is 1. The van der Waals surface area contributed by atoms with Crippen LogP contribution in [-0.4, -0.2) is 62.8 Å². The molecule has 1 aromatic carbocycles. The minimum Gasteiger partial charge on any atom is -0.381 e. The van der Waals surface area contributed by atoms with Crippen LogP contribution in [0.2, 0.25) is 0 Å². The van der Waals surface area contributed by atoms with E-state index in [0.717, 1.165) is 57.9 Å². The van der Waals surface area contributed by atoms with E-state index in [4.69, 9.17) is 4.74 Å². The molecular weight excluding hydrogens is 487 g/mol. The molecule has 0 bridgehead atoms. The molecule has 6 heteroatoms. The first-order valence-corrected chi connectivity index (χ1v) is 11.5. The molecule has 2 aliphatic rings. The number of hydrogen-bond donors (Lipinski definition) is 2. The summed E-state index contributed by atoms with van der Waals surface area (Å²) in [5, 5.41) is 7.32. The topological polar surface area (TPSA) is 48.9 Å². The lowest BCUT2D eigenvalue weighted by Gasteiger charge is -2.45. The number of aliphatic imine (C=N–C) groups is 1. The number of benzene rings is 1. The Balaban J connectivity index is 0.00000320. The summed E-state index contributed by atoms with van der Waals surface area (Å²) >= 11 is 0. The molecule has 0 unspecified atom stereocenters. The van der Waals surface area contributed by atoms with Gasteiger partial charge in [-0.15, -0.1) is 24.0 Å². The third kappa shape index (κ3) is 5.88. The second kappa shape index (κ2) is 12.2. The molecule has 0 aliphatic carbocycles. The van der Waals surface area contributed by atoms with Crippen molar-refractivity contribution in [2.24, 2.45) is 4.99 Å². The summed E-state index contributed by atoms with van der Waals surface area (Å²) in [4.78, 5) is 7.24. The Morgan fingerprint density at radius 3 is 2.27 bits per heavy atom. The van der Waals surface area contributed by atoms with Crippen molar-refractivity contribution < 1.29 is 4.74 Å². The van der Waals surface area contributed by atoms with Crippen molar-refractivity contribution in [2.45, 2.75) is 63.3 Å². The van der Waals surface area contributed by atoms with Gasteiger partial charge in [0.2, 0.25) is 0 Å². The third-order valence-electron chi connectivity index (χ3n) is 7.34. The SMILES string of the molecule is CCC(CC)(CNC(=NC)NCC1(N2CCCC2)CCOCC1)c1ccccc1.I. The fourth-order valence-electron chi connectivity index (χ4n) is 5.07. The molecule has 2 aliphatic heterocycles. The van der Waals surface area contributed by atoms with Gasteiger partial charge < -0.3 is 15.4 Å². The van der Waals surface area contributed by atoms with E-state index in [1.807, 2.05) is 7.05 Å². The van der Waals surface area contributed by atoms with Crippen LogP contribution in [0.1, 0.15) is 57.9 Å². The second-order valence-electron chi connectivity index (χ2n) is 8.66. The van der Waals surface area contributed by atoms with Crippen LogP contribution in [0.25, 0.3) is 0 Å². The summed E-state index contributed by atoms with van der Waals surface area (Å²) in [7, 11) is 1.88. The summed E-state index contributed by atoms with van der Waals surface area (Å²) in [6.07, 6.45) is 7.06. The lowest BCUT2D eigenvalue weighted by Crippen LogP contribution is -2.59. The standard InChI is InChI=1S/C24H40N4O.HI/c1-4-23(5-2,21-11-7-6-8-12-21)19-26-22(25-3)27-20-24(13-17-29-18-14-24)28-15-9-10-16-28;/h6-8,11-12H,4-5,9-10,13-20H2,1-3H3,(H2,25,26,27);1H. The number of hydrogen-bond acceptors (Lipinski definition) is 3. The molecule has 0 aromatic heterocycles. The van der Waals surface area contributed by atoms with Crippen LogP contribution < -0.4 is 10.6 Å². The van der Waals surface area contributed by atoms with E-state index in [0.29, 0.717) is 0 Å². The monoisotopic (exact) mass is 528 g/mol. The number of nitrogens with one attached hydrogen (secondary N) is 2. The molecule has 30 heavy (non-hydrogen) atoms. The van der Waals surface area contributed by atoms with E-state index in [2.05, 4.69) is 64.7 Å². The summed E-state index contributed by atoms with van der Waals surface area (Å²) < 4.78 is 5.69. The maximum Gasteiger partial charge on any atom is 0.191 e. The number of nitrogens with zero attached hydrogens (tertiary/aromatic N) is 2. The van der Waals surface area contributed by atoms with Crippen LogP contribution in [0.3, 0.4) is 0 Å². The van der Waals surface area contributed by atoms with E-state index in [-0.39, 0.29) is 34.9 Å². The molecule has 2 fully saturated rings. The highest BCUT2D eigenvalue weighted by molar-refractivity contribution is 14.0. The molecule has 3 rings (SSSR count). The Labute approximate surface area is 200 Å². The van der Waals surface area contributed by atoms with Gasteiger partial charge in [0.1, 0.15) is 0 Å². The first kappa shape index (κ1) is 25.4. The van der Waals surface area contributed by atoms with Gasteiger partial charge in [-0.1, -0.05) is 44.2 Å². The van der Waals surface area contributed by atoms with Crippen molar-refractivity contribution in [3.8, 4) is 0 Å². The first-order chi connectivity index (χ1) is 14.2.